The molecule has 0 amide bonds. The zero-order chi connectivity index (χ0) is 13.8. The zero-order valence-corrected chi connectivity index (χ0v) is 13.1. The smallest absolute Gasteiger partial charge is 0.227 e. The lowest BCUT2D eigenvalue weighted by Crippen LogP contribution is -2.47. The maximum absolute atomic E-state index is 4.58. The minimum absolute atomic E-state index is 0.823. The van der Waals surface area contributed by atoms with E-state index in [1.807, 2.05) is 31.3 Å². The van der Waals surface area contributed by atoms with E-state index in [0.29, 0.717) is 0 Å². The Morgan fingerprint density at radius 3 is 2.63 bits per heavy atom. The number of rotatable bonds is 4. The van der Waals surface area contributed by atoms with Gasteiger partial charge in [0.1, 0.15) is 5.82 Å². The Morgan fingerprint density at radius 2 is 2.05 bits per heavy atom. The molecule has 5 nitrogen and oxygen atoms in total. The van der Waals surface area contributed by atoms with E-state index in [4.69, 9.17) is 0 Å². The molecular formula is C13H20BrN5. The van der Waals surface area contributed by atoms with Crippen LogP contribution in [0.2, 0.25) is 0 Å². The van der Waals surface area contributed by atoms with Crippen LogP contribution in [0.15, 0.2) is 23.3 Å². The van der Waals surface area contributed by atoms with Gasteiger partial charge < -0.3 is 9.80 Å². The molecule has 0 radical (unpaired) electrons. The van der Waals surface area contributed by atoms with Crippen LogP contribution >= 0.6 is 15.9 Å². The van der Waals surface area contributed by atoms with Crippen molar-refractivity contribution >= 4 is 27.7 Å². The first-order valence-corrected chi connectivity index (χ1v) is 7.16. The van der Waals surface area contributed by atoms with Gasteiger partial charge in [-0.2, -0.15) is 4.98 Å². The first-order valence-electron chi connectivity index (χ1n) is 6.37. The van der Waals surface area contributed by atoms with Gasteiger partial charge in [-0.3, -0.25) is 4.90 Å². The molecule has 0 aromatic carbocycles. The summed E-state index contributed by atoms with van der Waals surface area (Å²) >= 11 is 3.42. The molecule has 1 aliphatic heterocycles. The third-order valence-corrected chi connectivity index (χ3v) is 3.39. The molecule has 1 fully saturated rings. The van der Waals surface area contributed by atoms with Crippen LogP contribution in [0.3, 0.4) is 0 Å². The fraction of sp³-hybridized carbons (Fsp3) is 0.538. The second kappa shape index (κ2) is 6.34. The lowest BCUT2D eigenvalue weighted by Gasteiger charge is -2.34. The summed E-state index contributed by atoms with van der Waals surface area (Å²) in [6.45, 7) is 8.74. The number of anilines is 2. The molecule has 0 aliphatic carbocycles. The highest BCUT2D eigenvalue weighted by Gasteiger charge is 2.19. The molecule has 2 rings (SSSR count). The third-order valence-electron chi connectivity index (χ3n) is 3.14. The molecule has 0 atom stereocenters. The Kier molecular flexibility index (Phi) is 4.76. The summed E-state index contributed by atoms with van der Waals surface area (Å²) in [5, 5.41) is 0. The molecule has 0 spiro atoms. The lowest BCUT2D eigenvalue weighted by molar-refractivity contribution is 0.281. The van der Waals surface area contributed by atoms with Crippen LogP contribution in [-0.2, 0) is 0 Å². The van der Waals surface area contributed by atoms with Crippen molar-refractivity contribution in [3.63, 3.8) is 0 Å². The Hall–Kier alpha value is -1.14. The summed E-state index contributed by atoms with van der Waals surface area (Å²) < 4.78 is 1.03. The summed E-state index contributed by atoms with van der Waals surface area (Å²) in [7, 11) is 3.98. The Bertz CT molecular complexity index is 440. The van der Waals surface area contributed by atoms with Gasteiger partial charge >= 0.3 is 0 Å². The molecule has 1 aromatic heterocycles. The Morgan fingerprint density at radius 1 is 1.37 bits per heavy atom. The van der Waals surface area contributed by atoms with E-state index in [1.54, 1.807) is 0 Å². The van der Waals surface area contributed by atoms with Crippen molar-refractivity contribution in [1.29, 1.82) is 0 Å². The molecule has 1 aromatic rings. The minimum Gasteiger partial charge on any atom is -0.363 e. The topological polar surface area (TPSA) is 35.5 Å². The zero-order valence-electron chi connectivity index (χ0n) is 11.5. The van der Waals surface area contributed by atoms with Crippen molar-refractivity contribution in [3.05, 3.63) is 23.3 Å². The van der Waals surface area contributed by atoms with Crippen molar-refractivity contribution < 1.29 is 0 Å². The molecule has 1 saturated heterocycles. The van der Waals surface area contributed by atoms with E-state index in [2.05, 4.69) is 42.3 Å². The summed E-state index contributed by atoms with van der Waals surface area (Å²) in [6.07, 6.45) is 1.82. The highest BCUT2D eigenvalue weighted by molar-refractivity contribution is 9.11. The highest BCUT2D eigenvalue weighted by atomic mass is 79.9. The average Bonchev–Trinajstić information content (AvgIpc) is 2.39. The van der Waals surface area contributed by atoms with E-state index in [1.165, 1.54) is 0 Å². The predicted octanol–water partition coefficient (Wildman–Crippen LogP) is 1.57. The SMILES string of the molecule is C=C(Br)CN1CCN(c2nccc(N(C)C)n2)CC1. The molecule has 0 bridgehead atoms. The van der Waals surface area contributed by atoms with Gasteiger partial charge in [-0.05, 0) is 6.07 Å². The summed E-state index contributed by atoms with van der Waals surface area (Å²) in [5.41, 5.74) is 0. The summed E-state index contributed by atoms with van der Waals surface area (Å²) in [5.74, 6) is 1.77. The van der Waals surface area contributed by atoms with E-state index in [-0.39, 0.29) is 0 Å². The second-order valence-electron chi connectivity index (χ2n) is 4.89. The van der Waals surface area contributed by atoms with Gasteiger partial charge in [-0.25, -0.2) is 4.98 Å². The molecule has 2 heterocycles. The quantitative estimate of drug-likeness (QED) is 0.839. The summed E-state index contributed by atoms with van der Waals surface area (Å²) in [4.78, 5) is 15.6. The fourth-order valence-electron chi connectivity index (χ4n) is 2.09. The molecule has 104 valence electrons. The van der Waals surface area contributed by atoms with Crippen molar-refractivity contribution in [2.24, 2.45) is 0 Å². The standard InChI is InChI=1S/C13H20BrN5/c1-11(14)10-18-6-8-19(9-7-18)13-15-5-4-12(16-13)17(2)3/h4-5H,1,6-10H2,2-3H3. The minimum atomic E-state index is 0.823. The monoisotopic (exact) mass is 325 g/mol. The van der Waals surface area contributed by atoms with Crippen LogP contribution in [-0.4, -0.2) is 61.7 Å². The van der Waals surface area contributed by atoms with Gasteiger partial charge in [0.05, 0.1) is 0 Å². The van der Waals surface area contributed by atoms with Crippen molar-refractivity contribution in [1.82, 2.24) is 14.9 Å². The lowest BCUT2D eigenvalue weighted by atomic mass is 10.3. The molecule has 19 heavy (non-hydrogen) atoms. The number of aromatic nitrogens is 2. The van der Waals surface area contributed by atoms with E-state index in [9.17, 15) is 0 Å². The largest absolute Gasteiger partial charge is 0.363 e. The van der Waals surface area contributed by atoms with Gasteiger partial charge in [0.15, 0.2) is 0 Å². The predicted molar refractivity (Wildman–Crippen MR) is 83.1 cm³/mol. The van der Waals surface area contributed by atoms with Gasteiger partial charge in [-0.15, -0.1) is 0 Å². The molecule has 0 N–H and O–H groups in total. The molecule has 0 unspecified atom stereocenters. The number of halogens is 1. The van der Waals surface area contributed by atoms with Gasteiger partial charge in [0.25, 0.3) is 0 Å². The summed E-state index contributed by atoms with van der Waals surface area (Å²) in [6, 6.07) is 1.93. The number of hydrogen-bond donors (Lipinski definition) is 0. The molecule has 1 aliphatic rings. The maximum atomic E-state index is 4.58. The third kappa shape index (κ3) is 3.91. The van der Waals surface area contributed by atoms with Crippen molar-refractivity contribution in [3.8, 4) is 0 Å². The molecular weight excluding hydrogens is 306 g/mol. The van der Waals surface area contributed by atoms with E-state index in [0.717, 1.165) is 49.0 Å². The van der Waals surface area contributed by atoms with Crippen LogP contribution in [0.25, 0.3) is 0 Å². The number of nitrogens with zero attached hydrogens (tertiary/aromatic N) is 5. The van der Waals surface area contributed by atoms with Crippen LogP contribution < -0.4 is 9.80 Å². The Balaban J connectivity index is 1.97. The molecule has 6 heteroatoms. The highest BCUT2D eigenvalue weighted by Crippen LogP contribution is 2.15. The second-order valence-corrected chi connectivity index (χ2v) is 6.01. The normalized spacial score (nSPS) is 16.5. The van der Waals surface area contributed by atoms with E-state index >= 15 is 0 Å². The number of piperazine rings is 1. The van der Waals surface area contributed by atoms with Crippen LogP contribution in [0.5, 0.6) is 0 Å². The van der Waals surface area contributed by atoms with E-state index < -0.39 is 0 Å². The van der Waals surface area contributed by atoms with Crippen molar-refractivity contribution in [2.45, 2.75) is 0 Å². The maximum Gasteiger partial charge on any atom is 0.227 e. The van der Waals surface area contributed by atoms with Gasteiger partial charge in [-0.1, -0.05) is 22.5 Å². The van der Waals surface area contributed by atoms with Crippen LogP contribution in [0, 0.1) is 0 Å². The van der Waals surface area contributed by atoms with Crippen LogP contribution in [0.4, 0.5) is 11.8 Å². The van der Waals surface area contributed by atoms with Crippen molar-refractivity contribution in [2.75, 3.05) is 56.6 Å². The van der Waals surface area contributed by atoms with Crippen LogP contribution in [0.1, 0.15) is 0 Å². The average molecular weight is 326 g/mol. The Labute approximate surface area is 123 Å². The first-order chi connectivity index (χ1) is 9.06. The van der Waals surface area contributed by atoms with Gasteiger partial charge in [0.2, 0.25) is 5.95 Å². The molecule has 0 saturated carbocycles. The van der Waals surface area contributed by atoms with Gasteiger partial charge in [0, 0.05) is 57.5 Å². The fourth-order valence-corrected chi connectivity index (χ4v) is 2.44. The number of hydrogen-bond acceptors (Lipinski definition) is 5. The first kappa shape index (κ1) is 14.3.